The Morgan fingerprint density at radius 2 is 2.00 bits per heavy atom. The van der Waals surface area contributed by atoms with Crippen LogP contribution in [-0.4, -0.2) is 43.7 Å². The molecule has 0 radical (unpaired) electrons. The van der Waals surface area contributed by atoms with Crippen molar-refractivity contribution in [1.29, 1.82) is 0 Å². The van der Waals surface area contributed by atoms with Crippen molar-refractivity contribution < 1.29 is 18.3 Å². The molecule has 0 saturated heterocycles. The monoisotopic (exact) mass is 290 g/mol. The van der Waals surface area contributed by atoms with Crippen LogP contribution in [0.25, 0.3) is 0 Å². The van der Waals surface area contributed by atoms with Gasteiger partial charge in [0.25, 0.3) is 0 Å². The lowest BCUT2D eigenvalue weighted by atomic mass is 10.1. The lowest BCUT2D eigenvalue weighted by Crippen LogP contribution is -2.25. The summed E-state index contributed by atoms with van der Waals surface area (Å²) in [6.45, 7) is 1.88. The van der Waals surface area contributed by atoms with Crippen LogP contribution in [0.1, 0.15) is 23.7 Å². The van der Waals surface area contributed by atoms with Crippen molar-refractivity contribution in [2.45, 2.75) is 18.7 Å². The van der Waals surface area contributed by atoms with E-state index in [-0.39, 0.29) is 12.1 Å². The van der Waals surface area contributed by atoms with E-state index < -0.39 is 17.8 Å². The van der Waals surface area contributed by atoms with Crippen LogP contribution in [0.15, 0.2) is 24.3 Å². The van der Waals surface area contributed by atoms with Gasteiger partial charge in [-0.2, -0.15) is 13.2 Å². The molecule has 0 aliphatic heterocycles. The first-order valence-corrected chi connectivity index (χ1v) is 6.51. The summed E-state index contributed by atoms with van der Waals surface area (Å²) in [5, 5.41) is 12.9. The molecular weight excluding hydrogens is 269 g/mol. The van der Waals surface area contributed by atoms with Gasteiger partial charge in [0, 0.05) is 6.54 Å². The molecule has 0 aromatic heterocycles. The zero-order valence-electron chi connectivity index (χ0n) is 11.7. The summed E-state index contributed by atoms with van der Waals surface area (Å²) in [5.41, 5.74) is -0.457. The van der Waals surface area contributed by atoms with Crippen LogP contribution in [0.2, 0.25) is 0 Å². The molecule has 0 heterocycles. The second kappa shape index (κ2) is 7.61. The molecule has 0 fully saturated rings. The molecule has 1 atom stereocenters. The topological polar surface area (TPSA) is 35.5 Å². The van der Waals surface area contributed by atoms with E-state index in [1.54, 1.807) is 0 Å². The number of hydrogen-bond donors (Lipinski definition) is 2. The van der Waals surface area contributed by atoms with Crippen molar-refractivity contribution >= 4 is 0 Å². The van der Waals surface area contributed by atoms with Crippen molar-refractivity contribution in [3.05, 3.63) is 35.4 Å². The first-order valence-electron chi connectivity index (χ1n) is 6.51. The van der Waals surface area contributed by atoms with Crippen molar-refractivity contribution in [3.8, 4) is 0 Å². The molecule has 1 rings (SSSR count). The molecule has 114 valence electrons. The fourth-order valence-corrected chi connectivity index (χ4v) is 1.80. The van der Waals surface area contributed by atoms with Gasteiger partial charge in [0.15, 0.2) is 0 Å². The van der Waals surface area contributed by atoms with E-state index in [4.69, 9.17) is 0 Å². The lowest BCUT2D eigenvalue weighted by molar-refractivity contribution is -0.137. The molecular formula is C14H21F3N2O. The maximum atomic E-state index is 12.6. The Balaban J connectivity index is 2.45. The number of rotatable bonds is 7. The second-order valence-electron chi connectivity index (χ2n) is 5.00. The van der Waals surface area contributed by atoms with Crippen molar-refractivity contribution in [3.63, 3.8) is 0 Å². The van der Waals surface area contributed by atoms with Gasteiger partial charge in [-0.15, -0.1) is 0 Å². The Morgan fingerprint density at radius 3 is 2.60 bits per heavy atom. The Hall–Kier alpha value is -1.11. The highest BCUT2D eigenvalue weighted by Crippen LogP contribution is 2.30. The van der Waals surface area contributed by atoms with Crippen LogP contribution in [0, 0.1) is 0 Å². The predicted octanol–water partition coefficient (Wildman–Crippen LogP) is 2.28. The van der Waals surface area contributed by atoms with Crippen molar-refractivity contribution in [2.75, 3.05) is 33.7 Å². The Bertz CT molecular complexity index is 408. The van der Waals surface area contributed by atoms with E-state index in [2.05, 4.69) is 5.32 Å². The van der Waals surface area contributed by atoms with Gasteiger partial charge in [-0.05, 0) is 51.3 Å². The number of aliphatic hydroxyl groups excluding tert-OH is 1. The van der Waals surface area contributed by atoms with E-state index >= 15 is 0 Å². The largest absolute Gasteiger partial charge is 0.416 e. The van der Waals surface area contributed by atoms with Gasteiger partial charge in [0.2, 0.25) is 0 Å². The summed E-state index contributed by atoms with van der Waals surface area (Å²) in [6, 6.07) is 4.81. The Morgan fingerprint density at radius 1 is 1.30 bits per heavy atom. The number of nitrogens with zero attached hydrogens (tertiary/aromatic N) is 1. The lowest BCUT2D eigenvalue weighted by Gasteiger charge is -2.15. The number of benzene rings is 1. The van der Waals surface area contributed by atoms with E-state index in [0.29, 0.717) is 6.54 Å². The van der Waals surface area contributed by atoms with E-state index in [1.165, 1.54) is 12.1 Å². The minimum Gasteiger partial charge on any atom is -0.387 e. The number of nitrogens with one attached hydrogen (secondary N) is 1. The molecule has 0 amide bonds. The molecule has 3 nitrogen and oxygen atoms in total. The maximum Gasteiger partial charge on any atom is 0.416 e. The van der Waals surface area contributed by atoms with Gasteiger partial charge < -0.3 is 15.3 Å². The minimum atomic E-state index is -4.38. The average Bonchev–Trinajstić information content (AvgIpc) is 2.37. The van der Waals surface area contributed by atoms with E-state index in [0.717, 1.165) is 25.1 Å². The van der Waals surface area contributed by atoms with E-state index in [9.17, 15) is 18.3 Å². The molecule has 1 unspecified atom stereocenters. The normalized spacial score (nSPS) is 13.8. The third-order valence-corrected chi connectivity index (χ3v) is 2.90. The van der Waals surface area contributed by atoms with Crippen molar-refractivity contribution in [1.82, 2.24) is 10.2 Å². The highest BCUT2D eigenvalue weighted by Gasteiger charge is 2.30. The third kappa shape index (κ3) is 5.90. The SMILES string of the molecule is CN(C)CCCNCC(O)c1cccc(C(F)(F)F)c1. The Labute approximate surface area is 117 Å². The average molecular weight is 290 g/mol. The fourth-order valence-electron chi connectivity index (χ4n) is 1.80. The summed E-state index contributed by atoms with van der Waals surface area (Å²) < 4.78 is 37.7. The molecule has 1 aromatic carbocycles. The molecule has 0 aliphatic carbocycles. The first kappa shape index (κ1) is 16.9. The summed E-state index contributed by atoms with van der Waals surface area (Å²) >= 11 is 0. The zero-order valence-corrected chi connectivity index (χ0v) is 11.7. The number of halogens is 3. The first-order chi connectivity index (χ1) is 9.30. The number of alkyl halides is 3. The van der Waals surface area contributed by atoms with Crippen LogP contribution in [0.5, 0.6) is 0 Å². The van der Waals surface area contributed by atoms with Gasteiger partial charge >= 0.3 is 6.18 Å². The van der Waals surface area contributed by atoms with Gasteiger partial charge in [0.05, 0.1) is 11.7 Å². The molecule has 0 aliphatic rings. The van der Waals surface area contributed by atoms with Crippen LogP contribution in [0.3, 0.4) is 0 Å². The summed E-state index contributed by atoms with van der Waals surface area (Å²) in [7, 11) is 3.94. The molecule has 0 saturated carbocycles. The zero-order chi connectivity index (χ0) is 15.2. The molecule has 20 heavy (non-hydrogen) atoms. The molecule has 0 spiro atoms. The van der Waals surface area contributed by atoms with E-state index in [1.807, 2.05) is 19.0 Å². The molecule has 1 aromatic rings. The number of hydrogen-bond acceptors (Lipinski definition) is 3. The van der Waals surface area contributed by atoms with Crippen molar-refractivity contribution in [2.24, 2.45) is 0 Å². The summed E-state index contributed by atoms with van der Waals surface area (Å²) in [6.07, 6.45) is -4.39. The highest BCUT2D eigenvalue weighted by molar-refractivity contribution is 5.27. The molecule has 0 bridgehead atoms. The van der Waals surface area contributed by atoms with Gasteiger partial charge in [-0.25, -0.2) is 0 Å². The van der Waals surface area contributed by atoms with Crippen LogP contribution in [0.4, 0.5) is 13.2 Å². The summed E-state index contributed by atoms with van der Waals surface area (Å²) in [4.78, 5) is 2.05. The second-order valence-corrected chi connectivity index (χ2v) is 5.00. The predicted molar refractivity (Wildman–Crippen MR) is 72.4 cm³/mol. The fraction of sp³-hybridized carbons (Fsp3) is 0.571. The quantitative estimate of drug-likeness (QED) is 0.756. The molecule has 6 heteroatoms. The maximum absolute atomic E-state index is 12.6. The third-order valence-electron chi connectivity index (χ3n) is 2.90. The van der Waals surface area contributed by atoms with Crippen LogP contribution in [-0.2, 0) is 6.18 Å². The standard InChI is InChI=1S/C14H21F3N2O/c1-19(2)8-4-7-18-10-13(20)11-5-3-6-12(9-11)14(15,16)17/h3,5-6,9,13,18,20H,4,7-8,10H2,1-2H3. The van der Waals surface area contributed by atoms with Crippen LogP contribution < -0.4 is 5.32 Å². The molecule has 2 N–H and O–H groups in total. The van der Waals surface area contributed by atoms with Gasteiger partial charge in [-0.3, -0.25) is 0 Å². The van der Waals surface area contributed by atoms with Gasteiger partial charge in [0.1, 0.15) is 0 Å². The van der Waals surface area contributed by atoms with Gasteiger partial charge in [-0.1, -0.05) is 12.1 Å². The highest BCUT2D eigenvalue weighted by atomic mass is 19.4. The smallest absolute Gasteiger partial charge is 0.387 e. The Kier molecular flexibility index (Phi) is 6.45. The van der Waals surface area contributed by atoms with Crippen LogP contribution >= 0.6 is 0 Å². The number of aliphatic hydroxyl groups is 1. The summed E-state index contributed by atoms with van der Waals surface area (Å²) in [5.74, 6) is 0. The minimum absolute atomic E-state index is 0.245.